The molecule has 0 saturated heterocycles. The van der Waals surface area contributed by atoms with E-state index in [1.807, 2.05) is 18.2 Å². The minimum Gasteiger partial charge on any atom is -0.465 e. The summed E-state index contributed by atoms with van der Waals surface area (Å²) in [7, 11) is 0. The average molecular weight is 337 g/mol. The minimum absolute atomic E-state index is 0.191. The number of fused-ring (bicyclic) bond motifs is 1. The Morgan fingerprint density at radius 1 is 1.32 bits per heavy atom. The van der Waals surface area contributed by atoms with Gasteiger partial charge in [0.25, 0.3) is 0 Å². The highest BCUT2D eigenvalue weighted by Gasteiger charge is 2.52. The van der Waals surface area contributed by atoms with Gasteiger partial charge in [-0.2, -0.15) is 0 Å². The van der Waals surface area contributed by atoms with Gasteiger partial charge in [0.15, 0.2) is 0 Å². The molecule has 1 saturated carbocycles. The first-order valence-electron chi connectivity index (χ1n) is 8.88. The molecule has 1 aliphatic carbocycles. The molecule has 1 aromatic heterocycles. The van der Waals surface area contributed by atoms with Crippen LogP contribution in [0.5, 0.6) is 0 Å². The van der Waals surface area contributed by atoms with Crippen LogP contribution in [-0.4, -0.2) is 27.6 Å². The molecule has 0 spiro atoms. The highest BCUT2D eigenvalue weighted by molar-refractivity contribution is 5.67. The molecule has 1 aliphatic heterocycles. The van der Waals surface area contributed by atoms with Gasteiger partial charge in [-0.3, -0.25) is 4.98 Å². The topological polar surface area (TPSA) is 79.5 Å². The number of amides is 1. The fourth-order valence-electron chi connectivity index (χ4n) is 4.48. The third kappa shape index (κ3) is 2.50. The zero-order chi connectivity index (χ0) is 17.4. The van der Waals surface area contributed by atoms with Crippen molar-refractivity contribution < 1.29 is 9.90 Å². The van der Waals surface area contributed by atoms with E-state index in [1.54, 1.807) is 11.1 Å². The summed E-state index contributed by atoms with van der Waals surface area (Å²) in [5.41, 5.74) is 10.0. The van der Waals surface area contributed by atoms with Crippen molar-refractivity contribution in [2.75, 3.05) is 6.54 Å². The van der Waals surface area contributed by atoms with E-state index in [1.165, 1.54) is 5.56 Å². The molecule has 0 bridgehead atoms. The van der Waals surface area contributed by atoms with Gasteiger partial charge in [0.2, 0.25) is 0 Å². The fourth-order valence-corrected chi connectivity index (χ4v) is 4.48. The number of aromatic nitrogens is 1. The number of carbonyl (C=O) groups is 1. The standard InChI is InChI=1S/C20H23N3O2/c21-13-14-5-6-15-7-11-23(19(24)25)18(16(15)12-14)20(8-3-9-20)17-4-1-2-10-22-17/h1-2,4-6,10,12,18H,3,7-9,11,13,21H2,(H,24,25). The van der Waals surface area contributed by atoms with E-state index in [4.69, 9.17) is 5.73 Å². The lowest BCUT2D eigenvalue weighted by Crippen LogP contribution is -2.53. The van der Waals surface area contributed by atoms with Crippen LogP contribution in [0.1, 0.15) is 47.7 Å². The maximum absolute atomic E-state index is 12.0. The van der Waals surface area contributed by atoms with Crippen LogP contribution in [0.25, 0.3) is 0 Å². The van der Waals surface area contributed by atoms with Crippen molar-refractivity contribution >= 4 is 6.09 Å². The predicted octanol–water partition coefficient (Wildman–Crippen LogP) is 3.24. The zero-order valence-electron chi connectivity index (χ0n) is 14.2. The summed E-state index contributed by atoms with van der Waals surface area (Å²) in [5.74, 6) is 0. The smallest absolute Gasteiger partial charge is 0.407 e. The minimum atomic E-state index is -0.851. The van der Waals surface area contributed by atoms with Crippen LogP contribution >= 0.6 is 0 Å². The van der Waals surface area contributed by atoms with Crippen molar-refractivity contribution in [2.24, 2.45) is 5.73 Å². The first-order valence-corrected chi connectivity index (χ1v) is 8.88. The predicted molar refractivity (Wildman–Crippen MR) is 95.3 cm³/mol. The third-order valence-electron chi connectivity index (χ3n) is 5.86. The van der Waals surface area contributed by atoms with E-state index in [0.717, 1.165) is 42.5 Å². The molecule has 4 rings (SSSR count). The van der Waals surface area contributed by atoms with Gasteiger partial charge < -0.3 is 15.7 Å². The van der Waals surface area contributed by atoms with Gasteiger partial charge in [-0.05, 0) is 48.1 Å². The number of nitrogens with zero attached hydrogens (tertiary/aromatic N) is 2. The van der Waals surface area contributed by atoms with Gasteiger partial charge in [-0.25, -0.2) is 4.79 Å². The molecule has 0 radical (unpaired) electrons. The van der Waals surface area contributed by atoms with E-state index in [-0.39, 0.29) is 11.5 Å². The van der Waals surface area contributed by atoms with Crippen LogP contribution < -0.4 is 5.73 Å². The van der Waals surface area contributed by atoms with Crippen LogP contribution in [0, 0.1) is 0 Å². The number of benzene rings is 1. The molecule has 1 aromatic carbocycles. The number of hydrogen-bond donors (Lipinski definition) is 2. The lowest BCUT2D eigenvalue weighted by Gasteiger charge is -2.52. The second-order valence-corrected chi connectivity index (χ2v) is 7.09. The molecule has 2 heterocycles. The maximum atomic E-state index is 12.0. The Kier molecular flexibility index (Phi) is 3.96. The normalized spacial score (nSPS) is 21.3. The average Bonchev–Trinajstić information content (AvgIpc) is 2.61. The summed E-state index contributed by atoms with van der Waals surface area (Å²) in [6.07, 6.45) is 4.74. The molecule has 130 valence electrons. The SMILES string of the molecule is NCc1ccc2c(c1)C(C1(c3ccccn3)CCC1)N(C(=O)O)CC2. The van der Waals surface area contributed by atoms with Gasteiger partial charge in [-0.1, -0.05) is 30.7 Å². The molecule has 3 N–H and O–H groups in total. The summed E-state index contributed by atoms with van der Waals surface area (Å²) in [6.45, 7) is 0.993. The van der Waals surface area contributed by atoms with Crippen molar-refractivity contribution in [1.82, 2.24) is 9.88 Å². The first kappa shape index (κ1) is 16.1. The molecule has 5 heteroatoms. The lowest BCUT2D eigenvalue weighted by molar-refractivity contribution is 0.0491. The van der Waals surface area contributed by atoms with E-state index in [0.29, 0.717) is 13.1 Å². The van der Waals surface area contributed by atoms with Gasteiger partial charge in [-0.15, -0.1) is 0 Å². The van der Waals surface area contributed by atoms with Gasteiger partial charge in [0, 0.05) is 30.4 Å². The maximum Gasteiger partial charge on any atom is 0.407 e. The van der Waals surface area contributed by atoms with Crippen LogP contribution in [0.15, 0.2) is 42.6 Å². The van der Waals surface area contributed by atoms with Gasteiger partial charge >= 0.3 is 6.09 Å². The number of rotatable bonds is 3. The Morgan fingerprint density at radius 2 is 2.16 bits per heavy atom. The fraction of sp³-hybridized carbons (Fsp3) is 0.400. The molecule has 2 aliphatic rings. The summed E-state index contributed by atoms with van der Waals surface area (Å²) in [6, 6.07) is 12.0. The largest absolute Gasteiger partial charge is 0.465 e. The van der Waals surface area contributed by atoms with Gasteiger partial charge in [0.1, 0.15) is 0 Å². The van der Waals surface area contributed by atoms with Crippen molar-refractivity contribution in [2.45, 2.75) is 43.7 Å². The van der Waals surface area contributed by atoms with Crippen LogP contribution in [0.4, 0.5) is 4.79 Å². The second-order valence-electron chi connectivity index (χ2n) is 7.09. The lowest BCUT2D eigenvalue weighted by atomic mass is 9.58. The Labute approximate surface area is 147 Å². The molecule has 1 amide bonds. The second kappa shape index (κ2) is 6.15. The quantitative estimate of drug-likeness (QED) is 0.901. The molecule has 25 heavy (non-hydrogen) atoms. The number of carboxylic acid groups (broad SMARTS) is 1. The molecule has 1 fully saturated rings. The first-order chi connectivity index (χ1) is 12.2. The highest BCUT2D eigenvalue weighted by atomic mass is 16.4. The third-order valence-corrected chi connectivity index (χ3v) is 5.86. The van der Waals surface area contributed by atoms with E-state index >= 15 is 0 Å². The van der Waals surface area contributed by atoms with Crippen molar-refractivity contribution in [3.63, 3.8) is 0 Å². The number of pyridine rings is 1. The molecular formula is C20H23N3O2. The van der Waals surface area contributed by atoms with E-state index < -0.39 is 6.09 Å². The van der Waals surface area contributed by atoms with Crippen molar-refractivity contribution in [1.29, 1.82) is 0 Å². The number of nitrogens with two attached hydrogens (primary N) is 1. The van der Waals surface area contributed by atoms with Crippen molar-refractivity contribution in [3.8, 4) is 0 Å². The van der Waals surface area contributed by atoms with Crippen LogP contribution in [0.2, 0.25) is 0 Å². The van der Waals surface area contributed by atoms with Crippen molar-refractivity contribution in [3.05, 3.63) is 65.0 Å². The zero-order valence-corrected chi connectivity index (χ0v) is 14.2. The van der Waals surface area contributed by atoms with Crippen LogP contribution in [-0.2, 0) is 18.4 Å². The Balaban J connectivity index is 1.89. The van der Waals surface area contributed by atoms with E-state index in [9.17, 15) is 9.90 Å². The molecular weight excluding hydrogens is 314 g/mol. The molecule has 1 atom stereocenters. The number of hydrogen-bond acceptors (Lipinski definition) is 3. The summed E-state index contributed by atoms with van der Waals surface area (Å²) < 4.78 is 0. The summed E-state index contributed by atoms with van der Waals surface area (Å²) in [4.78, 5) is 18.3. The Hall–Kier alpha value is -2.40. The summed E-state index contributed by atoms with van der Waals surface area (Å²) in [5, 5.41) is 9.87. The van der Waals surface area contributed by atoms with E-state index in [2.05, 4.69) is 23.2 Å². The Bertz CT molecular complexity index is 787. The molecule has 2 aromatic rings. The van der Waals surface area contributed by atoms with Crippen LogP contribution in [0.3, 0.4) is 0 Å². The highest BCUT2D eigenvalue weighted by Crippen LogP contribution is 2.55. The monoisotopic (exact) mass is 337 g/mol. The Morgan fingerprint density at radius 3 is 2.76 bits per heavy atom. The molecule has 5 nitrogen and oxygen atoms in total. The van der Waals surface area contributed by atoms with Gasteiger partial charge in [0.05, 0.1) is 6.04 Å². The molecule has 1 unspecified atom stereocenters. The summed E-state index contributed by atoms with van der Waals surface area (Å²) >= 11 is 0.